The number of hydrogen-bond donors (Lipinski definition) is 1. The van der Waals surface area contributed by atoms with Crippen molar-refractivity contribution in [2.75, 3.05) is 6.54 Å². The molecule has 1 aromatic rings. The van der Waals surface area contributed by atoms with Crippen LogP contribution in [-0.4, -0.2) is 27.2 Å². The zero-order valence-electron chi connectivity index (χ0n) is 8.41. The van der Waals surface area contributed by atoms with Crippen LogP contribution in [0, 0.1) is 0 Å². The van der Waals surface area contributed by atoms with E-state index < -0.39 is 0 Å². The quantitative estimate of drug-likeness (QED) is 0.878. The van der Waals surface area contributed by atoms with E-state index in [2.05, 4.69) is 14.5 Å². The zero-order valence-corrected chi connectivity index (χ0v) is 9.92. The van der Waals surface area contributed by atoms with Gasteiger partial charge in [0.1, 0.15) is 10.9 Å². The van der Waals surface area contributed by atoms with E-state index >= 15 is 0 Å². The van der Waals surface area contributed by atoms with E-state index in [1.165, 1.54) is 6.33 Å². The Hall–Kier alpha value is -1.07. The third-order valence-electron chi connectivity index (χ3n) is 2.50. The summed E-state index contributed by atoms with van der Waals surface area (Å²) in [5, 5.41) is 0.128. The molecule has 0 bridgehead atoms. The van der Waals surface area contributed by atoms with Gasteiger partial charge in [-0.25, -0.2) is 4.98 Å². The van der Waals surface area contributed by atoms with Crippen LogP contribution in [0.4, 0.5) is 0 Å². The first-order chi connectivity index (χ1) is 7.72. The molecule has 1 fully saturated rings. The maximum atomic E-state index is 11.3. The van der Waals surface area contributed by atoms with E-state index in [0.717, 1.165) is 25.2 Å². The Bertz CT molecular complexity index is 471. The smallest absolute Gasteiger partial charge is 0.269 e. The number of halogens is 2. The number of aromatic amines is 1. The summed E-state index contributed by atoms with van der Waals surface area (Å²) in [5.74, 6) is 0.819. The molecule has 5 nitrogen and oxygen atoms in total. The van der Waals surface area contributed by atoms with Gasteiger partial charge in [0.15, 0.2) is 0 Å². The average molecular weight is 261 g/mol. The van der Waals surface area contributed by atoms with Gasteiger partial charge in [-0.1, -0.05) is 11.6 Å². The largest absolute Gasteiger partial charge is 0.353 e. The molecule has 0 atom stereocenters. The number of nitrogens with zero attached hydrogens (tertiary/aromatic N) is 3. The molecular weight excluding hydrogens is 251 g/mol. The Labute approximate surface area is 102 Å². The predicted molar refractivity (Wildman–Crippen MR) is 62.8 cm³/mol. The van der Waals surface area contributed by atoms with Crippen LogP contribution in [0.5, 0.6) is 0 Å². The van der Waals surface area contributed by atoms with Crippen molar-refractivity contribution >= 4 is 29.2 Å². The van der Waals surface area contributed by atoms with Gasteiger partial charge in [0, 0.05) is 24.7 Å². The van der Waals surface area contributed by atoms with Gasteiger partial charge in [-0.2, -0.15) is 4.51 Å². The molecule has 0 saturated carbocycles. The van der Waals surface area contributed by atoms with Gasteiger partial charge in [-0.3, -0.25) is 4.79 Å². The van der Waals surface area contributed by atoms with Crippen LogP contribution < -0.4 is 5.56 Å². The molecule has 0 aromatic carbocycles. The molecule has 16 heavy (non-hydrogen) atoms. The van der Waals surface area contributed by atoms with E-state index in [4.69, 9.17) is 23.4 Å². The number of aromatic nitrogens is 2. The molecule has 1 N–H and O–H groups in total. The highest BCUT2D eigenvalue weighted by atomic mass is 35.5. The van der Waals surface area contributed by atoms with Crippen LogP contribution in [0.25, 0.3) is 0 Å². The summed E-state index contributed by atoms with van der Waals surface area (Å²) in [6.45, 7) is 1.32. The number of nitrogens with one attached hydrogen (secondary N) is 1. The predicted octanol–water partition coefficient (Wildman–Crippen LogP) is 1.57. The minimum atomic E-state index is -0.324. The van der Waals surface area contributed by atoms with E-state index in [1.54, 1.807) is 0 Å². The summed E-state index contributed by atoms with van der Waals surface area (Å²) in [4.78, 5) is 19.7. The molecule has 0 aliphatic carbocycles. The van der Waals surface area contributed by atoms with Crippen molar-refractivity contribution in [3.8, 4) is 0 Å². The number of amidine groups is 1. The molecule has 1 aromatic heterocycles. The van der Waals surface area contributed by atoms with Gasteiger partial charge in [0.05, 0.1) is 18.6 Å². The van der Waals surface area contributed by atoms with Crippen LogP contribution in [0.3, 0.4) is 0 Å². The van der Waals surface area contributed by atoms with Crippen molar-refractivity contribution in [1.82, 2.24) is 14.9 Å². The van der Waals surface area contributed by atoms with Gasteiger partial charge in [0.25, 0.3) is 5.56 Å². The molecule has 0 amide bonds. The first kappa shape index (κ1) is 11.4. The van der Waals surface area contributed by atoms with Gasteiger partial charge in [0.2, 0.25) is 0 Å². The molecule has 7 heteroatoms. The maximum Gasteiger partial charge on any atom is 0.269 e. The Morgan fingerprint density at radius 2 is 2.44 bits per heavy atom. The highest BCUT2D eigenvalue weighted by molar-refractivity contribution is 6.31. The van der Waals surface area contributed by atoms with E-state index in [9.17, 15) is 4.79 Å². The maximum absolute atomic E-state index is 11.3. The lowest BCUT2D eigenvalue weighted by molar-refractivity contribution is 0.442. The fraction of sp³-hybridized carbons (Fsp3) is 0.444. The Balaban J connectivity index is 2.21. The topological polar surface area (TPSA) is 61.4 Å². The molecule has 2 rings (SSSR count). The monoisotopic (exact) mass is 260 g/mol. The van der Waals surface area contributed by atoms with Crippen molar-refractivity contribution in [3.05, 3.63) is 27.4 Å². The van der Waals surface area contributed by atoms with E-state index in [1.807, 2.05) is 4.90 Å². The number of likely N-dealkylation sites (tertiary alicyclic amines) is 1. The van der Waals surface area contributed by atoms with Crippen molar-refractivity contribution in [2.45, 2.75) is 19.4 Å². The fourth-order valence-corrected chi connectivity index (χ4v) is 2.05. The van der Waals surface area contributed by atoms with Crippen LogP contribution in [0.15, 0.2) is 15.6 Å². The number of hydrogen-bond acceptors (Lipinski definition) is 3. The third kappa shape index (κ3) is 2.20. The second-order valence-electron chi connectivity index (χ2n) is 3.52. The summed E-state index contributed by atoms with van der Waals surface area (Å²) in [6.07, 6.45) is 3.20. The summed E-state index contributed by atoms with van der Waals surface area (Å²) in [5.41, 5.74) is 0.223. The Kier molecular flexibility index (Phi) is 3.46. The van der Waals surface area contributed by atoms with E-state index in [-0.39, 0.29) is 10.6 Å². The van der Waals surface area contributed by atoms with Gasteiger partial charge in [-0.15, -0.1) is 0 Å². The number of rotatable bonds is 2. The average Bonchev–Trinajstić information content (AvgIpc) is 2.72. The first-order valence-electron chi connectivity index (χ1n) is 4.87. The second-order valence-corrected chi connectivity index (χ2v) is 4.07. The van der Waals surface area contributed by atoms with Gasteiger partial charge >= 0.3 is 0 Å². The van der Waals surface area contributed by atoms with Crippen molar-refractivity contribution in [1.29, 1.82) is 0 Å². The summed E-state index contributed by atoms with van der Waals surface area (Å²) in [6, 6.07) is 0. The molecule has 1 aliphatic rings. The molecule has 0 radical (unpaired) electrons. The summed E-state index contributed by atoms with van der Waals surface area (Å²) < 4.78 is 3.68. The second kappa shape index (κ2) is 4.84. The van der Waals surface area contributed by atoms with Crippen LogP contribution >= 0.6 is 23.4 Å². The Morgan fingerprint density at radius 1 is 1.62 bits per heavy atom. The van der Waals surface area contributed by atoms with Gasteiger partial charge in [-0.05, 0) is 6.42 Å². The molecule has 0 spiro atoms. The number of H-pyrrole nitrogens is 1. The standard InChI is InChI=1S/C9H10Cl2N4O/c10-8-6(12-5-13-9(8)16)4-15-3-1-2-7(15)14-11/h5H,1-4H2,(H,12,13,16). The normalized spacial score (nSPS) is 18.4. The van der Waals surface area contributed by atoms with E-state index in [0.29, 0.717) is 12.2 Å². The third-order valence-corrected chi connectivity index (χ3v) is 3.09. The molecular formula is C9H10Cl2N4O. The minimum Gasteiger partial charge on any atom is -0.353 e. The SMILES string of the molecule is O=c1[nH]cnc(CN2CCCC2=NCl)c1Cl. The van der Waals surface area contributed by atoms with Crippen LogP contribution in [0.2, 0.25) is 5.02 Å². The highest BCUT2D eigenvalue weighted by Gasteiger charge is 2.20. The highest BCUT2D eigenvalue weighted by Crippen LogP contribution is 2.17. The van der Waals surface area contributed by atoms with Crippen LogP contribution in [-0.2, 0) is 6.54 Å². The van der Waals surface area contributed by atoms with Crippen LogP contribution in [0.1, 0.15) is 18.5 Å². The minimum absolute atomic E-state index is 0.128. The molecule has 1 aliphatic heterocycles. The first-order valence-corrected chi connectivity index (χ1v) is 5.59. The zero-order chi connectivity index (χ0) is 11.5. The Morgan fingerprint density at radius 3 is 3.19 bits per heavy atom. The van der Waals surface area contributed by atoms with Gasteiger partial charge < -0.3 is 9.88 Å². The lowest BCUT2D eigenvalue weighted by Gasteiger charge is -2.17. The van der Waals surface area contributed by atoms with Crippen molar-refractivity contribution < 1.29 is 0 Å². The summed E-state index contributed by atoms with van der Waals surface area (Å²) >= 11 is 11.3. The fourth-order valence-electron chi connectivity index (χ4n) is 1.69. The molecule has 86 valence electrons. The summed E-state index contributed by atoms with van der Waals surface area (Å²) in [7, 11) is 0. The lowest BCUT2D eigenvalue weighted by atomic mass is 10.3. The lowest BCUT2D eigenvalue weighted by Crippen LogP contribution is -2.26. The molecule has 0 unspecified atom stereocenters. The van der Waals surface area contributed by atoms with Crippen molar-refractivity contribution in [2.24, 2.45) is 4.51 Å². The van der Waals surface area contributed by atoms with Crippen molar-refractivity contribution in [3.63, 3.8) is 0 Å². The molecule has 2 heterocycles. The molecule has 1 saturated heterocycles.